The second kappa shape index (κ2) is 7.66. The van der Waals surface area contributed by atoms with Gasteiger partial charge in [-0.3, -0.25) is 4.90 Å². The Kier molecular flexibility index (Phi) is 5.88. The van der Waals surface area contributed by atoms with Crippen molar-refractivity contribution in [3.8, 4) is 11.5 Å². The molecule has 0 bridgehead atoms. The van der Waals surface area contributed by atoms with E-state index in [1.54, 1.807) is 7.11 Å². The summed E-state index contributed by atoms with van der Waals surface area (Å²) in [7, 11) is 1.60. The summed E-state index contributed by atoms with van der Waals surface area (Å²) in [5.41, 5.74) is 0.997. The van der Waals surface area contributed by atoms with Gasteiger partial charge < -0.3 is 15.2 Å². The molecule has 1 aliphatic rings. The van der Waals surface area contributed by atoms with Gasteiger partial charge in [-0.2, -0.15) is 0 Å². The lowest BCUT2D eigenvalue weighted by Crippen LogP contribution is -2.45. The first kappa shape index (κ1) is 16.1. The summed E-state index contributed by atoms with van der Waals surface area (Å²) < 4.78 is 5.27. The van der Waals surface area contributed by atoms with Gasteiger partial charge >= 0.3 is 0 Å². The van der Waals surface area contributed by atoms with Gasteiger partial charge in [-0.1, -0.05) is 26.0 Å². The number of benzene rings is 1. The topological polar surface area (TPSA) is 44.7 Å². The average molecular weight is 292 g/mol. The molecule has 21 heavy (non-hydrogen) atoms. The van der Waals surface area contributed by atoms with Gasteiger partial charge in [-0.25, -0.2) is 0 Å². The highest BCUT2D eigenvalue weighted by molar-refractivity contribution is 5.47. The molecule has 0 radical (unpaired) electrons. The summed E-state index contributed by atoms with van der Waals surface area (Å²) in [6, 6.07) is 6.09. The molecule has 0 aliphatic carbocycles. The molecule has 0 amide bonds. The Labute approximate surface area is 128 Å². The van der Waals surface area contributed by atoms with Gasteiger partial charge in [0.25, 0.3) is 0 Å². The third-order valence-corrected chi connectivity index (χ3v) is 4.22. The van der Waals surface area contributed by atoms with E-state index >= 15 is 0 Å². The lowest BCUT2D eigenvalue weighted by Gasteiger charge is -2.36. The predicted octanol–water partition coefficient (Wildman–Crippen LogP) is 2.78. The maximum atomic E-state index is 10.5. The van der Waals surface area contributed by atoms with E-state index in [0.29, 0.717) is 17.4 Å². The average Bonchev–Trinajstić information content (AvgIpc) is 2.50. The molecule has 2 N–H and O–H groups in total. The standard InChI is InChI=1S/C17H28N2O2/c1-13(2)7-8-15(19-11-9-18-10-12-19)14-5-4-6-16(21-3)17(14)20/h4-6,13,15,18,20H,7-12H2,1-3H3/t15-/m0/s1. The first-order valence-electron chi connectivity index (χ1n) is 7.94. The monoisotopic (exact) mass is 292 g/mol. The molecule has 1 aromatic carbocycles. The van der Waals surface area contributed by atoms with Gasteiger partial charge in [0.1, 0.15) is 0 Å². The first-order chi connectivity index (χ1) is 10.1. The molecule has 1 heterocycles. The number of para-hydroxylation sites is 1. The molecule has 4 nitrogen and oxygen atoms in total. The largest absolute Gasteiger partial charge is 0.504 e. The number of phenolic OH excluding ortho intramolecular Hbond substituents is 1. The highest BCUT2D eigenvalue weighted by Crippen LogP contribution is 2.38. The molecule has 1 fully saturated rings. The summed E-state index contributed by atoms with van der Waals surface area (Å²) in [5, 5.41) is 13.9. The number of methoxy groups -OCH3 is 1. The Balaban J connectivity index is 2.24. The fourth-order valence-corrected chi connectivity index (χ4v) is 2.99. The normalized spacial score (nSPS) is 17.9. The van der Waals surface area contributed by atoms with Crippen LogP contribution in [-0.4, -0.2) is 43.3 Å². The molecule has 1 saturated heterocycles. The number of hydrogen-bond acceptors (Lipinski definition) is 4. The zero-order valence-corrected chi connectivity index (χ0v) is 13.4. The molecule has 0 aromatic heterocycles. The van der Waals surface area contributed by atoms with Crippen molar-refractivity contribution in [3.05, 3.63) is 23.8 Å². The van der Waals surface area contributed by atoms with Crippen LogP contribution in [0.2, 0.25) is 0 Å². The van der Waals surface area contributed by atoms with E-state index < -0.39 is 0 Å². The van der Waals surface area contributed by atoms with Gasteiger partial charge in [0.15, 0.2) is 11.5 Å². The highest BCUT2D eigenvalue weighted by atomic mass is 16.5. The molecule has 118 valence electrons. The summed E-state index contributed by atoms with van der Waals surface area (Å²) in [4.78, 5) is 2.48. The smallest absolute Gasteiger partial charge is 0.162 e. The molecule has 1 aliphatic heterocycles. The second-order valence-electron chi connectivity index (χ2n) is 6.17. The number of nitrogens with one attached hydrogen (secondary N) is 1. The zero-order valence-electron chi connectivity index (χ0n) is 13.4. The van der Waals surface area contributed by atoms with Crippen molar-refractivity contribution in [2.45, 2.75) is 32.7 Å². The van der Waals surface area contributed by atoms with Crippen LogP contribution in [-0.2, 0) is 0 Å². The van der Waals surface area contributed by atoms with Crippen LogP contribution >= 0.6 is 0 Å². The third kappa shape index (κ3) is 4.11. The van der Waals surface area contributed by atoms with E-state index in [4.69, 9.17) is 4.74 Å². The fraction of sp³-hybridized carbons (Fsp3) is 0.647. The van der Waals surface area contributed by atoms with Crippen LogP contribution < -0.4 is 10.1 Å². The first-order valence-corrected chi connectivity index (χ1v) is 7.94. The molecule has 1 atom stereocenters. The van der Waals surface area contributed by atoms with Crippen molar-refractivity contribution in [3.63, 3.8) is 0 Å². The van der Waals surface area contributed by atoms with Crippen LogP contribution in [0.4, 0.5) is 0 Å². The summed E-state index contributed by atoms with van der Waals surface area (Å²) in [6.45, 7) is 8.59. The van der Waals surface area contributed by atoms with Gasteiger partial charge in [0.2, 0.25) is 0 Å². The molecule has 0 spiro atoms. The molecule has 1 aromatic rings. The Morgan fingerprint density at radius 1 is 1.24 bits per heavy atom. The number of rotatable bonds is 6. The maximum Gasteiger partial charge on any atom is 0.162 e. The minimum absolute atomic E-state index is 0.268. The Hall–Kier alpha value is -1.26. The number of piperazine rings is 1. The minimum atomic E-state index is 0.268. The number of nitrogens with zero attached hydrogens (tertiary/aromatic N) is 1. The SMILES string of the molecule is COc1cccc([C@H](CCC(C)C)N2CCNCC2)c1O. The van der Waals surface area contributed by atoms with E-state index in [0.717, 1.165) is 44.6 Å². The van der Waals surface area contributed by atoms with Crippen LogP contribution in [0.15, 0.2) is 18.2 Å². The van der Waals surface area contributed by atoms with Gasteiger partial charge in [0.05, 0.1) is 7.11 Å². The van der Waals surface area contributed by atoms with E-state index in [9.17, 15) is 5.11 Å². The lowest BCUT2D eigenvalue weighted by atomic mass is 9.95. The van der Waals surface area contributed by atoms with Gasteiger partial charge in [-0.05, 0) is 24.8 Å². The molecule has 2 rings (SSSR count). The summed E-state index contributed by atoms with van der Waals surface area (Å²) in [5.74, 6) is 1.53. The van der Waals surface area contributed by atoms with Gasteiger partial charge in [-0.15, -0.1) is 0 Å². The van der Waals surface area contributed by atoms with Crippen molar-refractivity contribution in [1.82, 2.24) is 10.2 Å². The number of phenols is 1. The molecular weight excluding hydrogens is 264 g/mol. The van der Waals surface area contributed by atoms with Crippen molar-refractivity contribution in [2.24, 2.45) is 5.92 Å². The maximum absolute atomic E-state index is 10.5. The Morgan fingerprint density at radius 3 is 2.57 bits per heavy atom. The minimum Gasteiger partial charge on any atom is -0.504 e. The fourth-order valence-electron chi connectivity index (χ4n) is 2.99. The Bertz CT molecular complexity index is 442. The van der Waals surface area contributed by atoms with E-state index in [2.05, 4.69) is 24.1 Å². The molecule has 4 heteroatoms. The molecule has 0 unspecified atom stereocenters. The summed E-state index contributed by atoms with van der Waals surface area (Å²) >= 11 is 0. The number of aromatic hydroxyl groups is 1. The van der Waals surface area contributed by atoms with Crippen LogP contribution in [0, 0.1) is 5.92 Å². The lowest BCUT2D eigenvalue weighted by molar-refractivity contribution is 0.157. The number of hydrogen-bond donors (Lipinski definition) is 2. The third-order valence-electron chi connectivity index (χ3n) is 4.22. The van der Waals surface area contributed by atoms with Crippen LogP contribution in [0.1, 0.15) is 38.3 Å². The van der Waals surface area contributed by atoms with Gasteiger partial charge in [0, 0.05) is 37.8 Å². The van der Waals surface area contributed by atoms with Crippen molar-refractivity contribution >= 4 is 0 Å². The quantitative estimate of drug-likeness (QED) is 0.846. The highest BCUT2D eigenvalue weighted by Gasteiger charge is 2.25. The zero-order chi connectivity index (χ0) is 15.2. The van der Waals surface area contributed by atoms with Crippen LogP contribution in [0.25, 0.3) is 0 Å². The van der Waals surface area contributed by atoms with Crippen molar-refractivity contribution in [2.75, 3.05) is 33.3 Å². The second-order valence-corrected chi connectivity index (χ2v) is 6.17. The summed E-state index contributed by atoms with van der Waals surface area (Å²) in [6.07, 6.45) is 2.23. The molecule has 0 saturated carbocycles. The van der Waals surface area contributed by atoms with E-state index in [-0.39, 0.29) is 6.04 Å². The van der Waals surface area contributed by atoms with E-state index in [1.165, 1.54) is 0 Å². The number of ether oxygens (including phenoxy) is 1. The Morgan fingerprint density at radius 2 is 1.95 bits per heavy atom. The van der Waals surface area contributed by atoms with Crippen molar-refractivity contribution in [1.29, 1.82) is 0 Å². The van der Waals surface area contributed by atoms with Crippen LogP contribution in [0.5, 0.6) is 11.5 Å². The molecular formula is C17H28N2O2. The van der Waals surface area contributed by atoms with Crippen molar-refractivity contribution < 1.29 is 9.84 Å². The predicted molar refractivity (Wildman–Crippen MR) is 85.9 cm³/mol. The van der Waals surface area contributed by atoms with E-state index in [1.807, 2.05) is 18.2 Å². The van der Waals surface area contributed by atoms with Crippen LogP contribution in [0.3, 0.4) is 0 Å².